The van der Waals surface area contributed by atoms with Crippen molar-refractivity contribution in [3.05, 3.63) is 218 Å². The number of imidazole rings is 2. The van der Waals surface area contributed by atoms with Crippen LogP contribution in [0.4, 0.5) is 0 Å². The van der Waals surface area contributed by atoms with Gasteiger partial charge in [0, 0.05) is 34.0 Å². The lowest BCUT2D eigenvalue weighted by Crippen LogP contribution is -2.25. The Labute approximate surface area is 359 Å². The topological polar surface area (TPSA) is 44.4 Å². The molecule has 62 heavy (non-hydrogen) atoms. The molecule has 0 radical (unpaired) electrons. The van der Waals surface area contributed by atoms with Gasteiger partial charge >= 0.3 is 0 Å². The maximum Gasteiger partial charge on any atom is 0.223 e. The van der Waals surface area contributed by atoms with Gasteiger partial charge in [0.15, 0.2) is 0 Å². The first kappa shape index (κ1) is 35.9. The van der Waals surface area contributed by atoms with E-state index in [0.29, 0.717) is 5.88 Å². The van der Waals surface area contributed by atoms with Crippen molar-refractivity contribution in [3.8, 4) is 73.0 Å². The average Bonchev–Trinajstić information content (AvgIpc) is 3.86. The van der Waals surface area contributed by atoms with Crippen molar-refractivity contribution >= 4 is 27.8 Å². The molecular weight excluding hydrogens is 757 g/mol. The van der Waals surface area contributed by atoms with Crippen molar-refractivity contribution in [3.63, 3.8) is 0 Å². The molecule has 0 N–H and O–H groups in total. The average molecular weight is 797 g/mol. The number of hydrogen-bond donors (Lipinski definition) is 0. The van der Waals surface area contributed by atoms with Crippen molar-refractivity contribution in [2.75, 3.05) is 0 Å². The molecule has 0 atom stereocenters. The molecule has 0 fully saturated rings. The second-order valence-electron chi connectivity index (χ2n) is 16.6. The fourth-order valence-electron chi connectivity index (χ4n) is 9.59. The Hall–Kier alpha value is -8.02. The molecule has 0 saturated heterocycles. The zero-order valence-electron chi connectivity index (χ0n) is 34.3. The van der Waals surface area contributed by atoms with Crippen LogP contribution in [0.1, 0.15) is 25.0 Å². The molecule has 1 aliphatic rings. The van der Waals surface area contributed by atoms with Gasteiger partial charge < -0.3 is 4.74 Å². The Balaban J connectivity index is 1.03. The summed E-state index contributed by atoms with van der Waals surface area (Å²) in [4.78, 5) is 9.80. The van der Waals surface area contributed by atoms with Gasteiger partial charge in [-0.3, -0.25) is 8.97 Å². The fraction of sp³-hybridized carbons (Fsp3) is 0.0526. The second-order valence-corrected chi connectivity index (χ2v) is 16.6. The lowest BCUT2D eigenvalue weighted by Gasteiger charge is -2.34. The van der Waals surface area contributed by atoms with Crippen molar-refractivity contribution in [1.82, 2.24) is 18.9 Å². The Morgan fingerprint density at radius 1 is 0.435 bits per heavy atom. The molecule has 5 nitrogen and oxygen atoms in total. The molecule has 0 bridgehead atoms. The molecule has 0 unspecified atom stereocenters. The van der Waals surface area contributed by atoms with E-state index in [1.54, 1.807) is 6.20 Å². The van der Waals surface area contributed by atoms with Gasteiger partial charge in [-0.25, -0.2) is 9.97 Å². The van der Waals surface area contributed by atoms with E-state index in [1.165, 1.54) is 0 Å². The van der Waals surface area contributed by atoms with Gasteiger partial charge in [0.05, 0.1) is 22.1 Å². The maximum atomic E-state index is 6.58. The molecule has 0 spiro atoms. The predicted octanol–water partition coefficient (Wildman–Crippen LogP) is 14.6. The SMILES string of the molecule is CC1(C)c2cccnc2Oc2c(-c3ccc(-c4cc(-c5ccccc5)c(-c5cccc(-n6c7ccccc7n7c8ccccc8nc67)c5)cc4-c4ccccc4)cc3)cccc21. The summed E-state index contributed by atoms with van der Waals surface area (Å²) in [5.41, 5.74) is 18.7. The van der Waals surface area contributed by atoms with Gasteiger partial charge in [-0.2, -0.15) is 0 Å². The number of fused-ring (bicyclic) bond motifs is 7. The molecule has 0 amide bonds. The second kappa shape index (κ2) is 14.0. The van der Waals surface area contributed by atoms with Gasteiger partial charge in [-0.05, 0) is 105 Å². The molecular formula is C57H40N4O. The highest BCUT2D eigenvalue weighted by Gasteiger charge is 2.36. The largest absolute Gasteiger partial charge is 0.438 e. The molecule has 0 aliphatic carbocycles. The summed E-state index contributed by atoms with van der Waals surface area (Å²) >= 11 is 0. The van der Waals surface area contributed by atoms with Crippen LogP contribution in [0.25, 0.3) is 89.2 Å². The van der Waals surface area contributed by atoms with E-state index in [4.69, 9.17) is 9.72 Å². The minimum atomic E-state index is -0.247. The number of nitrogens with zero attached hydrogens (tertiary/aromatic N) is 4. The highest BCUT2D eigenvalue weighted by atomic mass is 16.5. The van der Waals surface area contributed by atoms with Crippen LogP contribution in [0.3, 0.4) is 0 Å². The van der Waals surface area contributed by atoms with Crippen LogP contribution in [0.2, 0.25) is 0 Å². The highest BCUT2D eigenvalue weighted by molar-refractivity contribution is 5.97. The van der Waals surface area contributed by atoms with Crippen LogP contribution in [-0.2, 0) is 5.41 Å². The van der Waals surface area contributed by atoms with Gasteiger partial charge in [0.2, 0.25) is 11.7 Å². The molecule has 0 saturated carbocycles. The number of rotatable bonds is 6. The van der Waals surface area contributed by atoms with Crippen molar-refractivity contribution < 1.29 is 4.74 Å². The number of aromatic nitrogens is 4. The van der Waals surface area contributed by atoms with E-state index in [9.17, 15) is 0 Å². The summed E-state index contributed by atoms with van der Waals surface area (Å²) in [6.45, 7) is 4.50. The molecule has 8 aromatic carbocycles. The molecule has 12 rings (SSSR count). The van der Waals surface area contributed by atoms with Crippen molar-refractivity contribution in [2.24, 2.45) is 0 Å². The molecule has 3 aromatic heterocycles. The lowest BCUT2D eigenvalue weighted by molar-refractivity contribution is 0.403. The zero-order valence-corrected chi connectivity index (χ0v) is 34.3. The number of pyridine rings is 1. The highest BCUT2D eigenvalue weighted by Crippen LogP contribution is 2.51. The number of ether oxygens (including phenoxy) is 1. The summed E-state index contributed by atoms with van der Waals surface area (Å²) in [5.74, 6) is 2.43. The third kappa shape index (κ3) is 5.62. The summed E-state index contributed by atoms with van der Waals surface area (Å²) in [5, 5.41) is 0. The lowest BCUT2D eigenvalue weighted by atomic mass is 9.75. The Morgan fingerprint density at radius 2 is 0.984 bits per heavy atom. The van der Waals surface area contributed by atoms with Crippen LogP contribution in [-0.4, -0.2) is 18.9 Å². The van der Waals surface area contributed by atoms with Gasteiger partial charge in [-0.15, -0.1) is 0 Å². The van der Waals surface area contributed by atoms with E-state index < -0.39 is 0 Å². The van der Waals surface area contributed by atoms with Crippen LogP contribution < -0.4 is 4.74 Å². The van der Waals surface area contributed by atoms with E-state index in [-0.39, 0.29) is 5.41 Å². The maximum absolute atomic E-state index is 6.58. The number of para-hydroxylation sites is 5. The van der Waals surface area contributed by atoms with E-state index in [2.05, 4.69) is 222 Å². The van der Waals surface area contributed by atoms with Crippen LogP contribution in [0.15, 0.2) is 206 Å². The molecule has 11 aromatic rings. The van der Waals surface area contributed by atoms with Gasteiger partial charge in [0.25, 0.3) is 0 Å². The Morgan fingerprint density at radius 3 is 1.69 bits per heavy atom. The van der Waals surface area contributed by atoms with Gasteiger partial charge in [-0.1, -0.05) is 159 Å². The smallest absolute Gasteiger partial charge is 0.223 e. The normalized spacial score (nSPS) is 12.9. The summed E-state index contributed by atoms with van der Waals surface area (Å²) in [6, 6.07) is 71.7. The first-order valence-electron chi connectivity index (χ1n) is 21.2. The minimum absolute atomic E-state index is 0.247. The quantitative estimate of drug-likeness (QED) is 0.168. The fourth-order valence-corrected chi connectivity index (χ4v) is 9.59. The minimum Gasteiger partial charge on any atom is -0.438 e. The third-order valence-electron chi connectivity index (χ3n) is 12.7. The molecule has 294 valence electrons. The number of hydrogen-bond acceptors (Lipinski definition) is 3. The van der Waals surface area contributed by atoms with Crippen molar-refractivity contribution in [2.45, 2.75) is 19.3 Å². The number of benzene rings is 8. The molecule has 4 heterocycles. The van der Waals surface area contributed by atoms with Crippen LogP contribution in [0, 0.1) is 0 Å². The van der Waals surface area contributed by atoms with Crippen molar-refractivity contribution in [1.29, 1.82) is 0 Å². The Bertz CT molecular complexity index is 3510. The standard InChI is InChI=1S/C57H40N4O/c1-57(2)48-23-14-22-43(54(48)62-55-49(57)24-15-33-58-55)39-29-31-40(32-30-39)46-35-45(38-18-7-4-8-19-38)47(36-44(46)37-16-5-3-6-17-37)41-20-13-21-42(34-41)60-52-27-11-12-28-53(52)61-51-26-10-9-25-50(51)59-56(60)61/h3-36H,1-2H3. The van der Waals surface area contributed by atoms with E-state index in [1.807, 2.05) is 6.07 Å². The Kier molecular flexibility index (Phi) is 8.12. The summed E-state index contributed by atoms with van der Waals surface area (Å²) < 4.78 is 11.1. The monoisotopic (exact) mass is 796 g/mol. The van der Waals surface area contributed by atoms with Crippen LogP contribution in [0.5, 0.6) is 11.6 Å². The third-order valence-corrected chi connectivity index (χ3v) is 12.7. The first-order chi connectivity index (χ1) is 30.5. The molecule has 5 heteroatoms. The summed E-state index contributed by atoms with van der Waals surface area (Å²) in [7, 11) is 0. The summed E-state index contributed by atoms with van der Waals surface area (Å²) in [6.07, 6.45) is 1.80. The van der Waals surface area contributed by atoms with Crippen LogP contribution >= 0.6 is 0 Å². The van der Waals surface area contributed by atoms with E-state index in [0.717, 1.165) is 106 Å². The zero-order chi connectivity index (χ0) is 41.4. The molecule has 1 aliphatic heterocycles. The van der Waals surface area contributed by atoms with Gasteiger partial charge in [0.1, 0.15) is 5.75 Å². The van der Waals surface area contributed by atoms with E-state index >= 15 is 0 Å². The predicted molar refractivity (Wildman–Crippen MR) is 253 cm³/mol. The first-order valence-corrected chi connectivity index (χ1v) is 21.2.